The molecular formula is C5H11CsO3. The monoisotopic (exact) mass is 252 g/mol. The Morgan fingerprint density at radius 2 is 1.89 bits per heavy atom. The number of carbonyl (C=O) groups is 1. The molecule has 0 rings (SSSR count). The molecule has 0 aliphatic heterocycles. The number of carboxylic acids is 1. The summed E-state index contributed by atoms with van der Waals surface area (Å²) in [5, 5.41) is 16.7. The van der Waals surface area contributed by atoms with E-state index in [9.17, 15) is 4.79 Å². The Labute approximate surface area is 113 Å². The third-order valence-electron chi connectivity index (χ3n) is 0.974. The van der Waals surface area contributed by atoms with Crippen LogP contribution in [0.1, 0.15) is 13.8 Å². The maximum absolute atomic E-state index is 10.1. The summed E-state index contributed by atoms with van der Waals surface area (Å²) in [6, 6.07) is 0. The zero-order valence-corrected chi connectivity index (χ0v) is 5.01. The first kappa shape index (κ1) is 13.1. The van der Waals surface area contributed by atoms with Gasteiger partial charge in [-0.25, -0.2) is 0 Å². The fraction of sp³-hybridized carbons (Fsp3) is 0.800. The Kier molecular flexibility index (Phi) is 7.53. The predicted molar refractivity (Wildman–Crippen MR) is 35.7 cm³/mol. The van der Waals surface area contributed by atoms with E-state index in [1.54, 1.807) is 0 Å². The molecule has 0 aliphatic rings. The van der Waals surface area contributed by atoms with Crippen LogP contribution in [0.2, 0.25) is 0 Å². The molecule has 0 aromatic rings. The Bertz CT molecular complexity index is 100. The fourth-order valence-corrected chi connectivity index (χ4v) is 0.0676. The fourth-order valence-electron chi connectivity index (χ4n) is 0.0676. The standard InChI is InChI=1S/C5H10O3.Cs.H/c1-5(2,3-6)4(7)8;;/h6H,3H2,1-2H3,(H,7,8);;. The summed E-state index contributed by atoms with van der Waals surface area (Å²) in [5.41, 5.74) is -0.986. The van der Waals surface area contributed by atoms with E-state index in [0.29, 0.717) is 0 Å². The van der Waals surface area contributed by atoms with Gasteiger partial charge in [0.15, 0.2) is 0 Å². The molecule has 0 aromatic carbocycles. The zero-order chi connectivity index (χ0) is 6.78. The molecule has 0 radical (unpaired) electrons. The van der Waals surface area contributed by atoms with Gasteiger partial charge in [0.05, 0.1) is 12.0 Å². The summed E-state index contributed by atoms with van der Waals surface area (Å²) >= 11 is 0. The Morgan fingerprint density at radius 1 is 1.56 bits per heavy atom. The number of aliphatic carboxylic acids is 1. The van der Waals surface area contributed by atoms with Gasteiger partial charge in [-0.15, -0.1) is 0 Å². The van der Waals surface area contributed by atoms with Crippen molar-refractivity contribution >= 4 is 74.9 Å². The molecule has 3 nitrogen and oxygen atoms in total. The van der Waals surface area contributed by atoms with Gasteiger partial charge in [0.1, 0.15) is 0 Å². The molecule has 0 aromatic heterocycles. The molecule has 0 saturated heterocycles. The van der Waals surface area contributed by atoms with Crippen molar-refractivity contribution in [2.24, 2.45) is 5.41 Å². The van der Waals surface area contributed by atoms with E-state index in [4.69, 9.17) is 10.2 Å². The van der Waals surface area contributed by atoms with Gasteiger partial charge < -0.3 is 10.2 Å². The third kappa shape index (κ3) is 4.83. The molecule has 0 atom stereocenters. The summed E-state index contributed by atoms with van der Waals surface area (Å²) in [6.45, 7) is 2.62. The van der Waals surface area contributed by atoms with Crippen LogP contribution in [0.5, 0.6) is 0 Å². The number of carboxylic acid groups (broad SMARTS) is 1. The molecule has 0 fully saturated rings. The van der Waals surface area contributed by atoms with Crippen LogP contribution >= 0.6 is 0 Å². The van der Waals surface area contributed by atoms with E-state index >= 15 is 0 Å². The van der Waals surface area contributed by atoms with Crippen molar-refractivity contribution in [1.29, 1.82) is 0 Å². The van der Waals surface area contributed by atoms with Crippen molar-refractivity contribution < 1.29 is 15.0 Å². The normalized spacial score (nSPS) is 10.1. The van der Waals surface area contributed by atoms with E-state index in [2.05, 4.69) is 0 Å². The van der Waals surface area contributed by atoms with Crippen LogP contribution < -0.4 is 0 Å². The minimum atomic E-state index is -0.986. The molecule has 0 amide bonds. The first-order valence-corrected chi connectivity index (χ1v) is 2.35. The molecule has 0 aliphatic carbocycles. The quantitative estimate of drug-likeness (QED) is 0.692. The van der Waals surface area contributed by atoms with Crippen molar-refractivity contribution in [3.63, 3.8) is 0 Å². The van der Waals surface area contributed by atoms with Gasteiger partial charge in [0.25, 0.3) is 0 Å². The molecular weight excluding hydrogens is 241 g/mol. The average molecular weight is 252 g/mol. The van der Waals surface area contributed by atoms with Crippen LogP contribution in [0.3, 0.4) is 0 Å². The van der Waals surface area contributed by atoms with Crippen molar-refractivity contribution in [2.45, 2.75) is 13.8 Å². The van der Waals surface area contributed by atoms with Gasteiger partial charge >= 0.3 is 74.9 Å². The first-order chi connectivity index (χ1) is 3.50. The summed E-state index contributed by atoms with van der Waals surface area (Å²) in [6.07, 6.45) is 0. The van der Waals surface area contributed by atoms with Crippen molar-refractivity contribution in [3.8, 4) is 0 Å². The van der Waals surface area contributed by atoms with Gasteiger partial charge in [-0.3, -0.25) is 4.79 Å². The number of hydrogen-bond acceptors (Lipinski definition) is 2. The Morgan fingerprint density at radius 3 is 1.89 bits per heavy atom. The van der Waals surface area contributed by atoms with Crippen LogP contribution in [0, 0.1) is 5.41 Å². The SMILES string of the molecule is CC(C)(CO)C(=O)O.[CsH]. The second-order valence-electron chi connectivity index (χ2n) is 2.35. The summed E-state index contributed by atoms with van der Waals surface area (Å²) in [4.78, 5) is 10.1. The van der Waals surface area contributed by atoms with Gasteiger partial charge in [-0.05, 0) is 13.8 Å². The molecule has 4 heteroatoms. The van der Waals surface area contributed by atoms with E-state index in [-0.39, 0.29) is 75.5 Å². The topological polar surface area (TPSA) is 57.5 Å². The first-order valence-electron chi connectivity index (χ1n) is 2.35. The number of aliphatic hydroxyl groups excluding tert-OH is 1. The van der Waals surface area contributed by atoms with Gasteiger partial charge in [0, 0.05) is 0 Å². The van der Waals surface area contributed by atoms with Crippen LogP contribution in [-0.2, 0) is 4.79 Å². The van der Waals surface area contributed by atoms with E-state index < -0.39 is 11.4 Å². The molecule has 9 heavy (non-hydrogen) atoms. The van der Waals surface area contributed by atoms with E-state index in [1.165, 1.54) is 13.8 Å². The van der Waals surface area contributed by atoms with Gasteiger partial charge in [-0.2, -0.15) is 0 Å². The van der Waals surface area contributed by atoms with Crippen LogP contribution in [0.25, 0.3) is 0 Å². The third-order valence-corrected chi connectivity index (χ3v) is 0.974. The van der Waals surface area contributed by atoms with Gasteiger partial charge in [0.2, 0.25) is 0 Å². The molecule has 2 N–H and O–H groups in total. The van der Waals surface area contributed by atoms with Gasteiger partial charge in [-0.1, -0.05) is 0 Å². The molecule has 0 heterocycles. The summed E-state index contributed by atoms with van der Waals surface area (Å²) < 4.78 is 0. The molecule has 0 bridgehead atoms. The molecule has 0 saturated carbocycles. The second-order valence-corrected chi connectivity index (χ2v) is 2.35. The molecule has 50 valence electrons. The van der Waals surface area contributed by atoms with E-state index in [1.807, 2.05) is 0 Å². The zero-order valence-electron chi connectivity index (χ0n) is 5.01. The minimum absolute atomic E-state index is 0. The number of rotatable bonds is 2. The van der Waals surface area contributed by atoms with Crippen LogP contribution in [-0.4, -0.2) is 91.7 Å². The second kappa shape index (κ2) is 5.17. The Balaban J connectivity index is 0. The van der Waals surface area contributed by atoms with E-state index in [0.717, 1.165) is 0 Å². The molecule has 0 unspecified atom stereocenters. The number of hydrogen-bond donors (Lipinski definition) is 2. The van der Waals surface area contributed by atoms with Crippen LogP contribution in [0.4, 0.5) is 0 Å². The predicted octanol–water partition coefficient (Wildman–Crippen LogP) is -0.559. The maximum atomic E-state index is 10.1. The Hall–Kier alpha value is 1.48. The summed E-state index contributed by atoms with van der Waals surface area (Å²) in [5.74, 6) is -0.972. The summed E-state index contributed by atoms with van der Waals surface area (Å²) in [7, 11) is 0. The molecule has 0 spiro atoms. The van der Waals surface area contributed by atoms with Crippen molar-refractivity contribution in [3.05, 3.63) is 0 Å². The van der Waals surface area contributed by atoms with Crippen LogP contribution in [0.15, 0.2) is 0 Å². The van der Waals surface area contributed by atoms with Crippen molar-refractivity contribution in [2.75, 3.05) is 6.61 Å². The number of aliphatic hydroxyl groups is 1. The average Bonchev–Trinajstić information content (AvgIpc) is 1.67. The van der Waals surface area contributed by atoms with Crippen molar-refractivity contribution in [1.82, 2.24) is 0 Å².